The first-order chi connectivity index (χ1) is 13.2. The van der Waals surface area contributed by atoms with E-state index in [9.17, 15) is 13.2 Å². The first-order valence-electron chi connectivity index (χ1n) is 8.91. The van der Waals surface area contributed by atoms with Crippen LogP contribution in [0.4, 0.5) is 11.4 Å². The van der Waals surface area contributed by atoms with E-state index in [0.29, 0.717) is 24.5 Å². The van der Waals surface area contributed by atoms with Crippen molar-refractivity contribution in [2.75, 3.05) is 42.7 Å². The number of sulfonamides is 1. The standard InChI is InChI=1S/C20H27N3O4S/c1-16(20(24)21-14-15-22(2)17-8-6-5-7-9-17)23(28(4,25)26)18-10-12-19(27-3)13-11-18/h5-13,16H,14-15H2,1-4H3,(H,21,24)/t16-/m1/s1. The lowest BCUT2D eigenvalue weighted by molar-refractivity contribution is -0.121. The van der Waals surface area contributed by atoms with Crippen LogP contribution in [-0.2, 0) is 14.8 Å². The number of carbonyl (C=O) groups excluding carboxylic acids is 1. The normalized spacial score (nSPS) is 12.1. The number of hydrogen-bond acceptors (Lipinski definition) is 5. The van der Waals surface area contributed by atoms with E-state index in [0.717, 1.165) is 16.2 Å². The summed E-state index contributed by atoms with van der Waals surface area (Å²) in [4.78, 5) is 14.6. The fourth-order valence-corrected chi connectivity index (χ4v) is 4.02. The van der Waals surface area contributed by atoms with Crippen LogP contribution in [0.5, 0.6) is 5.75 Å². The van der Waals surface area contributed by atoms with Crippen molar-refractivity contribution in [3.63, 3.8) is 0 Å². The van der Waals surface area contributed by atoms with Crippen LogP contribution >= 0.6 is 0 Å². The molecule has 2 aromatic rings. The maximum Gasteiger partial charge on any atom is 0.243 e. The van der Waals surface area contributed by atoms with Gasteiger partial charge in [0.1, 0.15) is 11.8 Å². The number of nitrogens with one attached hydrogen (secondary N) is 1. The molecule has 0 radical (unpaired) electrons. The largest absolute Gasteiger partial charge is 0.497 e. The van der Waals surface area contributed by atoms with Gasteiger partial charge < -0.3 is 15.0 Å². The molecule has 2 aromatic carbocycles. The maximum absolute atomic E-state index is 12.6. The molecule has 0 bridgehead atoms. The van der Waals surface area contributed by atoms with Crippen LogP contribution in [0.15, 0.2) is 54.6 Å². The molecule has 0 unspecified atom stereocenters. The van der Waals surface area contributed by atoms with Crippen LogP contribution in [0.2, 0.25) is 0 Å². The summed E-state index contributed by atoms with van der Waals surface area (Å²) in [5, 5.41) is 2.82. The summed E-state index contributed by atoms with van der Waals surface area (Å²) in [6, 6.07) is 15.5. The average Bonchev–Trinajstić information content (AvgIpc) is 2.68. The van der Waals surface area contributed by atoms with Gasteiger partial charge in [-0.15, -0.1) is 0 Å². The van der Waals surface area contributed by atoms with Gasteiger partial charge in [0.25, 0.3) is 0 Å². The minimum absolute atomic E-state index is 0.359. The maximum atomic E-state index is 12.6. The Kier molecular flexibility index (Phi) is 7.28. The fourth-order valence-electron chi connectivity index (χ4n) is 2.84. The summed E-state index contributed by atoms with van der Waals surface area (Å²) in [7, 11) is -0.176. The summed E-state index contributed by atoms with van der Waals surface area (Å²) in [6.07, 6.45) is 1.09. The van der Waals surface area contributed by atoms with E-state index >= 15 is 0 Å². The third-order valence-corrected chi connectivity index (χ3v) is 5.60. The third-order valence-electron chi connectivity index (χ3n) is 4.36. The van der Waals surface area contributed by atoms with E-state index in [2.05, 4.69) is 5.32 Å². The van der Waals surface area contributed by atoms with Crippen LogP contribution in [0.3, 0.4) is 0 Å². The molecule has 0 spiro atoms. The molecule has 152 valence electrons. The minimum Gasteiger partial charge on any atom is -0.497 e. The lowest BCUT2D eigenvalue weighted by Crippen LogP contribution is -2.49. The second-order valence-corrected chi connectivity index (χ2v) is 8.34. The summed E-state index contributed by atoms with van der Waals surface area (Å²) in [6.45, 7) is 2.57. The van der Waals surface area contributed by atoms with Gasteiger partial charge in [-0.05, 0) is 43.3 Å². The Hall–Kier alpha value is -2.74. The molecule has 8 heteroatoms. The molecule has 0 saturated carbocycles. The van der Waals surface area contributed by atoms with Gasteiger partial charge in [0.15, 0.2) is 0 Å². The number of anilines is 2. The fraction of sp³-hybridized carbons (Fsp3) is 0.350. The van der Waals surface area contributed by atoms with Gasteiger partial charge in [-0.25, -0.2) is 8.42 Å². The van der Waals surface area contributed by atoms with E-state index in [-0.39, 0.29) is 5.91 Å². The predicted octanol–water partition coefficient (Wildman–Crippen LogP) is 2.10. The highest BCUT2D eigenvalue weighted by Gasteiger charge is 2.28. The first kappa shape index (κ1) is 21.6. The highest BCUT2D eigenvalue weighted by molar-refractivity contribution is 7.92. The van der Waals surface area contributed by atoms with E-state index in [4.69, 9.17) is 4.74 Å². The lowest BCUT2D eigenvalue weighted by atomic mass is 10.2. The zero-order valence-electron chi connectivity index (χ0n) is 16.6. The highest BCUT2D eigenvalue weighted by atomic mass is 32.2. The minimum atomic E-state index is -3.64. The van der Waals surface area contributed by atoms with Gasteiger partial charge in [0, 0.05) is 25.8 Å². The monoisotopic (exact) mass is 405 g/mol. The number of nitrogens with zero attached hydrogens (tertiary/aromatic N) is 2. The molecule has 1 atom stereocenters. The van der Waals surface area contributed by atoms with Crippen molar-refractivity contribution in [1.29, 1.82) is 0 Å². The SMILES string of the molecule is COc1ccc(N([C@H](C)C(=O)NCCN(C)c2ccccc2)S(C)(=O)=O)cc1. The van der Waals surface area contributed by atoms with Crippen molar-refractivity contribution >= 4 is 27.3 Å². The number of benzene rings is 2. The summed E-state index contributed by atoms with van der Waals surface area (Å²) in [5.41, 5.74) is 1.45. The lowest BCUT2D eigenvalue weighted by Gasteiger charge is -2.28. The van der Waals surface area contributed by atoms with E-state index in [1.165, 1.54) is 7.11 Å². The van der Waals surface area contributed by atoms with Crippen LogP contribution in [0.25, 0.3) is 0 Å². The van der Waals surface area contributed by atoms with Crippen molar-refractivity contribution in [1.82, 2.24) is 5.32 Å². The van der Waals surface area contributed by atoms with Crippen molar-refractivity contribution in [3.05, 3.63) is 54.6 Å². The van der Waals surface area contributed by atoms with Crippen LogP contribution in [0.1, 0.15) is 6.92 Å². The highest BCUT2D eigenvalue weighted by Crippen LogP contribution is 2.23. The summed E-state index contributed by atoms with van der Waals surface area (Å²) >= 11 is 0. The Balaban J connectivity index is 2.03. The molecule has 1 amide bonds. The van der Waals surface area contributed by atoms with Crippen LogP contribution in [0, 0.1) is 0 Å². The number of hydrogen-bond donors (Lipinski definition) is 1. The molecule has 2 rings (SSSR count). The van der Waals surface area contributed by atoms with Gasteiger partial charge in [0.2, 0.25) is 15.9 Å². The quantitative estimate of drug-likeness (QED) is 0.691. The number of amides is 1. The Morgan fingerprint density at radius 3 is 2.21 bits per heavy atom. The van der Waals surface area contributed by atoms with Crippen molar-refractivity contribution in [2.45, 2.75) is 13.0 Å². The molecule has 7 nitrogen and oxygen atoms in total. The summed E-state index contributed by atoms with van der Waals surface area (Å²) in [5.74, 6) is 0.251. The van der Waals surface area contributed by atoms with E-state index in [1.807, 2.05) is 42.3 Å². The Bertz CT molecular complexity index is 870. The van der Waals surface area contributed by atoms with Crippen LogP contribution in [-0.4, -0.2) is 53.9 Å². The average molecular weight is 406 g/mol. The van der Waals surface area contributed by atoms with Gasteiger partial charge in [0.05, 0.1) is 19.1 Å². The first-order valence-corrected chi connectivity index (χ1v) is 10.8. The smallest absolute Gasteiger partial charge is 0.243 e. The molecule has 0 aliphatic carbocycles. The van der Waals surface area contributed by atoms with E-state index < -0.39 is 16.1 Å². The number of rotatable bonds is 9. The van der Waals surface area contributed by atoms with Crippen molar-refractivity contribution < 1.29 is 17.9 Å². The zero-order chi connectivity index (χ0) is 20.7. The number of para-hydroxylation sites is 1. The molecule has 0 aromatic heterocycles. The van der Waals surface area contributed by atoms with Crippen molar-refractivity contribution in [2.24, 2.45) is 0 Å². The molecule has 28 heavy (non-hydrogen) atoms. The molecule has 0 heterocycles. The third kappa shape index (κ3) is 5.63. The second kappa shape index (κ2) is 9.45. The van der Waals surface area contributed by atoms with E-state index in [1.54, 1.807) is 31.2 Å². The zero-order valence-corrected chi connectivity index (χ0v) is 17.4. The number of carbonyl (C=O) groups is 1. The van der Waals surface area contributed by atoms with Crippen molar-refractivity contribution in [3.8, 4) is 5.75 Å². The predicted molar refractivity (Wildman–Crippen MR) is 113 cm³/mol. The van der Waals surface area contributed by atoms with Gasteiger partial charge >= 0.3 is 0 Å². The number of likely N-dealkylation sites (N-methyl/N-ethyl adjacent to an activating group) is 1. The molecule has 0 fully saturated rings. The molecular weight excluding hydrogens is 378 g/mol. The topological polar surface area (TPSA) is 79.0 Å². The van der Waals surface area contributed by atoms with Gasteiger partial charge in [-0.3, -0.25) is 9.10 Å². The Morgan fingerprint density at radius 2 is 1.68 bits per heavy atom. The summed E-state index contributed by atoms with van der Waals surface area (Å²) < 4.78 is 30.8. The molecule has 0 saturated heterocycles. The Morgan fingerprint density at radius 1 is 1.07 bits per heavy atom. The number of ether oxygens (including phenoxy) is 1. The molecular formula is C20H27N3O4S. The molecule has 1 N–H and O–H groups in total. The van der Waals surface area contributed by atoms with Crippen LogP contribution < -0.4 is 19.3 Å². The van der Waals surface area contributed by atoms with Gasteiger partial charge in [-0.1, -0.05) is 18.2 Å². The second-order valence-electron chi connectivity index (χ2n) is 6.48. The Labute approximate surface area is 167 Å². The molecule has 0 aliphatic rings. The molecule has 0 aliphatic heterocycles. The van der Waals surface area contributed by atoms with Gasteiger partial charge in [-0.2, -0.15) is 0 Å². The number of methoxy groups -OCH3 is 1.